The molecule has 2 N–H and O–H groups in total. The van der Waals surface area contributed by atoms with Crippen molar-refractivity contribution < 1.29 is 14.6 Å². The quantitative estimate of drug-likeness (QED) is 0.768. The molecule has 0 fully saturated rings. The van der Waals surface area contributed by atoms with E-state index in [4.69, 9.17) is 9.84 Å². The van der Waals surface area contributed by atoms with E-state index in [9.17, 15) is 4.79 Å². The van der Waals surface area contributed by atoms with Crippen LogP contribution in [0, 0.1) is 0 Å². The number of nitrogens with one attached hydrogen (secondary N) is 1. The first-order valence-corrected chi connectivity index (χ1v) is 7.76. The summed E-state index contributed by atoms with van der Waals surface area (Å²) in [6.07, 6.45) is 6.37. The van der Waals surface area contributed by atoms with Crippen LogP contribution in [-0.2, 0) is 11.4 Å². The molecule has 2 aromatic rings. The number of hydrogen-bond acceptors (Lipinski definition) is 5. The fourth-order valence-electron chi connectivity index (χ4n) is 1.72. The number of aliphatic hydroxyl groups is 1. The molecule has 2 aromatic heterocycles. The van der Waals surface area contributed by atoms with E-state index in [0.717, 1.165) is 10.4 Å². The summed E-state index contributed by atoms with van der Waals surface area (Å²) in [4.78, 5) is 16.6. The van der Waals surface area contributed by atoms with Crippen LogP contribution in [0.5, 0.6) is 5.75 Å². The van der Waals surface area contributed by atoms with Gasteiger partial charge in [-0.15, -0.1) is 11.3 Å². The standard InChI is InChI=1S/C16H18N2O3S/c1-12(21-14-3-2-6-17-9-14)8-18-16(20)5-4-15-7-13(10-19)11-22-15/h2-7,9,11-12,19H,8,10H2,1H3,(H,18,20)/b5-4+. The Hall–Kier alpha value is -2.18. The highest BCUT2D eigenvalue weighted by atomic mass is 32.1. The van der Waals surface area contributed by atoms with Crippen LogP contribution in [0.1, 0.15) is 17.4 Å². The van der Waals surface area contributed by atoms with Crippen molar-refractivity contribution in [2.75, 3.05) is 6.54 Å². The van der Waals surface area contributed by atoms with E-state index in [1.165, 1.54) is 17.4 Å². The van der Waals surface area contributed by atoms with E-state index in [1.807, 2.05) is 24.4 Å². The number of hydrogen-bond donors (Lipinski definition) is 2. The zero-order valence-electron chi connectivity index (χ0n) is 12.2. The first-order chi connectivity index (χ1) is 10.7. The van der Waals surface area contributed by atoms with Crippen LogP contribution >= 0.6 is 11.3 Å². The molecule has 1 unspecified atom stereocenters. The van der Waals surface area contributed by atoms with Gasteiger partial charge in [0.15, 0.2) is 0 Å². The Kier molecular flexibility index (Phi) is 6.12. The summed E-state index contributed by atoms with van der Waals surface area (Å²) in [6, 6.07) is 5.47. The van der Waals surface area contributed by atoms with Gasteiger partial charge in [0.05, 0.1) is 19.3 Å². The maximum absolute atomic E-state index is 11.7. The average Bonchev–Trinajstić information content (AvgIpc) is 3.00. The number of carbonyl (C=O) groups is 1. The lowest BCUT2D eigenvalue weighted by atomic mass is 10.3. The molecule has 6 heteroatoms. The monoisotopic (exact) mass is 318 g/mol. The van der Waals surface area contributed by atoms with Crippen LogP contribution in [0.25, 0.3) is 6.08 Å². The normalized spacial score (nSPS) is 12.3. The molecular formula is C16H18N2O3S. The third-order valence-electron chi connectivity index (χ3n) is 2.79. The van der Waals surface area contributed by atoms with E-state index in [2.05, 4.69) is 10.3 Å². The predicted octanol–water partition coefficient (Wildman–Crippen LogP) is 2.23. The Balaban J connectivity index is 1.75. The second-order valence-corrected chi connectivity index (χ2v) is 5.65. The molecule has 0 bridgehead atoms. The van der Waals surface area contributed by atoms with Crippen molar-refractivity contribution in [1.29, 1.82) is 0 Å². The Bertz CT molecular complexity index is 625. The molecule has 1 atom stereocenters. The Morgan fingerprint density at radius 3 is 3.14 bits per heavy atom. The summed E-state index contributed by atoms with van der Waals surface area (Å²) in [5.74, 6) is 0.496. The number of carbonyl (C=O) groups excluding carboxylic acids is 1. The molecule has 2 heterocycles. The van der Waals surface area contributed by atoms with Gasteiger partial charge in [-0.1, -0.05) is 0 Å². The van der Waals surface area contributed by atoms with Crippen molar-refractivity contribution in [3.8, 4) is 5.75 Å². The molecular weight excluding hydrogens is 300 g/mol. The van der Waals surface area contributed by atoms with E-state index in [1.54, 1.807) is 24.5 Å². The molecule has 0 radical (unpaired) electrons. The van der Waals surface area contributed by atoms with Crippen molar-refractivity contribution in [2.45, 2.75) is 19.6 Å². The minimum absolute atomic E-state index is 0.0136. The second-order valence-electron chi connectivity index (χ2n) is 4.71. The van der Waals surface area contributed by atoms with Gasteiger partial charge in [0.1, 0.15) is 11.9 Å². The number of aliphatic hydroxyl groups excluding tert-OH is 1. The smallest absolute Gasteiger partial charge is 0.244 e. The van der Waals surface area contributed by atoms with Gasteiger partial charge in [-0.25, -0.2) is 0 Å². The van der Waals surface area contributed by atoms with Gasteiger partial charge in [0, 0.05) is 17.2 Å². The fourth-order valence-corrected chi connectivity index (χ4v) is 2.51. The van der Waals surface area contributed by atoms with Crippen LogP contribution in [0.4, 0.5) is 0 Å². The van der Waals surface area contributed by atoms with Crippen LogP contribution in [0.15, 0.2) is 42.0 Å². The first-order valence-electron chi connectivity index (χ1n) is 6.88. The Labute approximate surface area is 133 Å². The summed E-state index contributed by atoms with van der Waals surface area (Å²) < 4.78 is 5.62. The molecule has 5 nitrogen and oxygen atoms in total. The Morgan fingerprint density at radius 1 is 1.59 bits per heavy atom. The van der Waals surface area contributed by atoms with Crippen molar-refractivity contribution in [2.24, 2.45) is 0 Å². The lowest BCUT2D eigenvalue weighted by molar-refractivity contribution is -0.116. The molecule has 2 rings (SSSR count). The van der Waals surface area contributed by atoms with Crippen molar-refractivity contribution in [1.82, 2.24) is 10.3 Å². The van der Waals surface area contributed by atoms with Crippen molar-refractivity contribution >= 4 is 23.3 Å². The number of nitrogens with zero attached hydrogens (tertiary/aromatic N) is 1. The first kappa shape index (κ1) is 16.2. The van der Waals surface area contributed by atoms with Crippen LogP contribution in [-0.4, -0.2) is 28.6 Å². The third-order valence-corrected chi connectivity index (χ3v) is 3.74. The number of pyridine rings is 1. The third kappa shape index (κ3) is 5.31. The molecule has 0 aliphatic carbocycles. The zero-order valence-corrected chi connectivity index (χ0v) is 13.0. The number of thiophene rings is 1. The largest absolute Gasteiger partial charge is 0.487 e. The molecule has 0 saturated heterocycles. The molecule has 0 aliphatic heterocycles. The number of aromatic nitrogens is 1. The summed E-state index contributed by atoms with van der Waals surface area (Å²) in [7, 11) is 0. The molecule has 1 amide bonds. The zero-order chi connectivity index (χ0) is 15.8. The Morgan fingerprint density at radius 2 is 2.45 bits per heavy atom. The van der Waals surface area contributed by atoms with Crippen LogP contribution < -0.4 is 10.1 Å². The van der Waals surface area contributed by atoms with Crippen LogP contribution in [0.2, 0.25) is 0 Å². The molecule has 22 heavy (non-hydrogen) atoms. The number of amides is 1. The van der Waals surface area contributed by atoms with Gasteiger partial charge in [0.25, 0.3) is 0 Å². The number of ether oxygens (including phenoxy) is 1. The minimum atomic E-state index is -0.180. The summed E-state index contributed by atoms with van der Waals surface area (Å²) in [6.45, 7) is 2.30. The molecule has 0 aromatic carbocycles. The highest BCUT2D eigenvalue weighted by Gasteiger charge is 2.05. The van der Waals surface area contributed by atoms with Crippen LogP contribution in [0.3, 0.4) is 0 Å². The number of rotatable bonds is 7. The summed E-state index contributed by atoms with van der Waals surface area (Å²) in [5.41, 5.74) is 0.851. The topological polar surface area (TPSA) is 71.5 Å². The summed E-state index contributed by atoms with van der Waals surface area (Å²) in [5, 5.41) is 13.6. The maximum atomic E-state index is 11.7. The highest BCUT2D eigenvalue weighted by molar-refractivity contribution is 7.11. The van der Waals surface area contributed by atoms with Gasteiger partial charge in [0.2, 0.25) is 5.91 Å². The second kappa shape index (κ2) is 8.31. The van der Waals surface area contributed by atoms with Gasteiger partial charge in [-0.3, -0.25) is 9.78 Å². The predicted molar refractivity (Wildman–Crippen MR) is 86.6 cm³/mol. The average molecular weight is 318 g/mol. The van der Waals surface area contributed by atoms with E-state index < -0.39 is 0 Å². The SMILES string of the molecule is CC(CNC(=O)/C=C/c1cc(CO)cs1)Oc1cccnc1. The molecule has 0 spiro atoms. The minimum Gasteiger partial charge on any atom is -0.487 e. The maximum Gasteiger partial charge on any atom is 0.244 e. The van der Waals surface area contributed by atoms with Gasteiger partial charge >= 0.3 is 0 Å². The van der Waals surface area contributed by atoms with Crippen molar-refractivity contribution in [3.63, 3.8) is 0 Å². The van der Waals surface area contributed by atoms with E-state index in [-0.39, 0.29) is 18.6 Å². The summed E-state index contributed by atoms with van der Waals surface area (Å²) >= 11 is 1.48. The van der Waals surface area contributed by atoms with E-state index >= 15 is 0 Å². The van der Waals surface area contributed by atoms with Gasteiger partial charge < -0.3 is 15.2 Å². The lowest BCUT2D eigenvalue weighted by Crippen LogP contribution is -2.32. The highest BCUT2D eigenvalue weighted by Crippen LogP contribution is 2.16. The molecule has 116 valence electrons. The molecule has 0 aliphatic rings. The van der Waals surface area contributed by atoms with E-state index in [0.29, 0.717) is 12.3 Å². The van der Waals surface area contributed by atoms with Gasteiger partial charge in [-0.05, 0) is 42.1 Å². The fraction of sp³-hybridized carbons (Fsp3) is 0.250. The van der Waals surface area contributed by atoms with Crippen molar-refractivity contribution in [3.05, 3.63) is 52.5 Å². The molecule has 0 saturated carbocycles. The lowest BCUT2D eigenvalue weighted by Gasteiger charge is -2.14. The van der Waals surface area contributed by atoms with Gasteiger partial charge in [-0.2, -0.15) is 0 Å².